The van der Waals surface area contributed by atoms with Crippen LogP contribution in [0.25, 0.3) is 0 Å². The molecule has 2 fully saturated rings. The van der Waals surface area contributed by atoms with Crippen LogP contribution in [0.5, 0.6) is 5.75 Å². The lowest BCUT2D eigenvalue weighted by Gasteiger charge is -2.46. The third-order valence-corrected chi connectivity index (χ3v) is 6.31. The summed E-state index contributed by atoms with van der Waals surface area (Å²) >= 11 is 0. The fourth-order valence-electron chi connectivity index (χ4n) is 4.53. The van der Waals surface area contributed by atoms with E-state index in [1.807, 2.05) is 0 Å². The number of piperidine rings is 1. The minimum atomic E-state index is -1.07. The number of aliphatic hydroxyl groups is 1. The number of nitrogens with zero attached hydrogens (tertiary/aromatic N) is 1. The Balaban J connectivity index is 1.45. The molecule has 1 aliphatic carbocycles. The van der Waals surface area contributed by atoms with E-state index in [0.717, 1.165) is 0 Å². The zero-order valence-electron chi connectivity index (χ0n) is 16.9. The molecule has 1 aromatic rings. The van der Waals surface area contributed by atoms with Crippen molar-refractivity contribution < 1.29 is 32.6 Å². The Hall–Kier alpha value is -2.29. The molecule has 6 nitrogen and oxygen atoms in total. The molecular formula is C21H27F3N2O4. The van der Waals surface area contributed by atoms with Gasteiger partial charge in [-0.15, -0.1) is 0 Å². The summed E-state index contributed by atoms with van der Waals surface area (Å²) in [6.45, 7) is 2.62. The first kappa shape index (κ1) is 22.4. The Morgan fingerprint density at radius 2 is 1.90 bits per heavy atom. The second-order valence-electron chi connectivity index (χ2n) is 8.42. The third kappa shape index (κ3) is 4.88. The van der Waals surface area contributed by atoms with Crippen molar-refractivity contribution in [2.24, 2.45) is 11.8 Å². The first-order valence-electron chi connectivity index (χ1n) is 10.2. The number of hydrogen-bond acceptors (Lipinski definition) is 4. The molecule has 1 aliphatic heterocycles. The Morgan fingerprint density at radius 3 is 2.43 bits per heavy atom. The highest BCUT2D eigenvalue weighted by molar-refractivity contribution is 5.76. The van der Waals surface area contributed by atoms with Crippen molar-refractivity contribution in [3.05, 3.63) is 29.6 Å². The van der Waals surface area contributed by atoms with Gasteiger partial charge >= 0.3 is 0 Å². The molecular weight excluding hydrogens is 401 g/mol. The number of halogens is 3. The highest BCUT2D eigenvalue weighted by Crippen LogP contribution is 2.40. The molecule has 0 radical (unpaired) electrons. The molecule has 3 rings (SSSR count). The van der Waals surface area contributed by atoms with Gasteiger partial charge in [0.05, 0.1) is 18.2 Å². The van der Waals surface area contributed by atoms with Gasteiger partial charge in [-0.2, -0.15) is 0 Å². The van der Waals surface area contributed by atoms with E-state index in [2.05, 4.69) is 5.32 Å². The molecule has 0 spiro atoms. The Bertz CT molecular complexity index is 755. The molecule has 30 heavy (non-hydrogen) atoms. The van der Waals surface area contributed by atoms with E-state index in [1.165, 1.54) is 0 Å². The van der Waals surface area contributed by atoms with Crippen LogP contribution in [-0.2, 0) is 9.59 Å². The SMILES string of the molecule is CC(Oc1c(F)cc(F)cc1F)C1CCN(C(=O)CC2CC(CO)(NC=O)C2)CC1. The first-order chi connectivity index (χ1) is 14.3. The van der Waals surface area contributed by atoms with Gasteiger partial charge in [-0.1, -0.05) is 0 Å². The van der Waals surface area contributed by atoms with Gasteiger partial charge < -0.3 is 20.1 Å². The molecule has 0 aromatic heterocycles. The number of rotatable bonds is 8. The summed E-state index contributed by atoms with van der Waals surface area (Å²) in [4.78, 5) is 25.0. The minimum Gasteiger partial charge on any atom is -0.484 e. The van der Waals surface area contributed by atoms with Gasteiger partial charge in [0.1, 0.15) is 5.82 Å². The number of nitrogens with one attached hydrogen (secondary N) is 1. The van der Waals surface area contributed by atoms with Gasteiger partial charge in [-0.05, 0) is 44.4 Å². The van der Waals surface area contributed by atoms with Crippen LogP contribution in [0, 0.1) is 29.3 Å². The van der Waals surface area contributed by atoms with Crippen LogP contribution < -0.4 is 10.1 Å². The van der Waals surface area contributed by atoms with Crippen molar-refractivity contribution in [3.8, 4) is 5.75 Å². The highest BCUT2D eigenvalue weighted by Gasteiger charge is 2.44. The lowest BCUT2D eigenvalue weighted by atomic mass is 9.67. The molecule has 9 heteroatoms. The van der Waals surface area contributed by atoms with E-state index in [4.69, 9.17) is 4.74 Å². The maximum absolute atomic E-state index is 13.8. The Kier molecular flexibility index (Phi) is 6.90. The maximum Gasteiger partial charge on any atom is 0.222 e. The summed E-state index contributed by atoms with van der Waals surface area (Å²) < 4.78 is 46.1. The van der Waals surface area contributed by atoms with E-state index >= 15 is 0 Å². The molecule has 2 N–H and O–H groups in total. The van der Waals surface area contributed by atoms with Crippen LogP contribution >= 0.6 is 0 Å². The molecule has 1 aromatic carbocycles. The Morgan fingerprint density at radius 1 is 1.30 bits per heavy atom. The smallest absolute Gasteiger partial charge is 0.222 e. The zero-order valence-corrected chi connectivity index (χ0v) is 16.9. The van der Waals surface area contributed by atoms with Crippen LogP contribution in [0.1, 0.15) is 39.0 Å². The average Bonchev–Trinajstić information content (AvgIpc) is 2.68. The van der Waals surface area contributed by atoms with Crippen molar-refractivity contribution in [1.29, 1.82) is 0 Å². The van der Waals surface area contributed by atoms with Crippen LogP contribution in [0.4, 0.5) is 13.2 Å². The van der Waals surface area contributed by atoms with Gasteiger partial charge in [0.2, 0.25) is 12.3 Å². The number of aliphatic hydroxyl groups excluding tert-OH is 1. The van der Waals surface area contributed by atoms with Crippen molar-refractivity contribution >= 4 is 12.3 Å². The highest BCUT2D eigenvalue weighted by atomic mass is 19.1. The predicted molar refractivity (Wildman–Crippen MR) is 102 cm³/mol. The van der Waals surface area contributed by atoms with Gasteiger partial charge in [-0.25, -0.2) is 13.2 Å². The number of carbonyl (C=O) groups is 2. The molecule has 1 unspecified atom stereocenters. The van der Waals surface area contributed by atoms with Crippen molar-refractivity contribution in [2.75, 3.05) is 19.7 Å². The number of likely N-dealkylation sites (tertiary alicyclic amines) is 1. The van der Waals surface area contributed by atoms with E-state index in [0.29, 0.717) is 63.7 Å². The summed E-state index contributed by atoms with van der Waals surface area (Å²) in [7, 11) is 0. The standard InChI is InChI=1S/C21H27F3N2O4/c1-13(30-20-17(23)7-16(22)8-18(20)24)15-2-4-26(5-3-15)19(29)6-14-9-21(10-14,11-27)25-12-28/h7-8,12-15,27H,2-6,9-11H2,1H3,(H,25,28). The second-order valence-corrected chi connectivity index (χ2v) is 8.42. The molecule has 166 valence electrons. The lowest BCUT2D eigenvalue weighted by Crippen LogP contribution is -2.58. The third-order valence-electron chi connectivity index (χ3n) is 6.31. The van der Waals surface area contributed by atoms with Crippen molar-refractivity contribution in [1.82, 2.24) is 10.2 Å². The van der Waals surface area contributed by atoms with E-state index in [9.17, 15) is 27.9 Å². The van der Waals surface area contributed by atoms with Crippen LogP contribution in [0.15, 0.2) is 12.1 Å². The minimum absolute atomic E-state index is 0.0143. The number of benzene rings is 1. The average molecular weight is 428 g/mol. The molecule has 2 aliphatic rings. The summed E-state index contributed by atoms with van der Waals surface area (Å²) in [6, 6.07) is 1.17. The summed E-state index contributed by atoms with van der Waals surface area (Å²) in [6.07, 6.45) is 2.87. The number of carbonyl (C=O) groups excluding carboxylic acids is 2. The van der Waals surface area contributed by atoms with Gasteiger partial charge in [-0.3, -0.25) is 9.59 Å². The predicted octanol–water partition coefficient (Wildman–Crippen LogP) is 2.39. The first-order valence-corrected chi connectivity index (χ1v) is 10.2. The normalized spacial score (nSPS) is 25.4. The zero-order chi connectivity index (χ0) is 21.9. The number of hydrogen-bond donors (Lipinski definition) is 2. The van der Waals surface area contributed by atoms with Crippen LogP contribution in [0.2, 0.25) is 0 Å². The fraction of sp³-hybridized carbons (Fsp3) is 0.619. The van der Waals surface area contributed by atoms with Gasteiger partial charge in [0.15, 0.2) is 17.4 Å². The number of amides is 2. The number of ether oxygens (including phenoxy) is 1. The summed E-state index contributed by atoms with van der Waals surface area (Å²) in [5.74, 6) is -3.56. The quantitative estimate of drug-likeness (QED) is 0.624. The van der Waals surface area contributed by atoms with Crippen LogP contribution in [-0.4, -0.2) is 53.7 Å². The molecule has 1 saturated carbocycles. The molecule has 1 atom stereocenters. The molecule has 2 amide bonds. The molecule has 0 bridgehead atoms. The monoisotopic (exact) mass is 428 g/mol. The molecule has 1 heterocycles. The second kappa shape index (κ2) is 9.24. The Labute approximate surface area is 173 Å². The summed E-state index contributed by atoms with van der Waals surface area (Å²) in [5, 5.41) is 12.0. The van der Waals surface area contributed by atoms with Crippen LogP contribution in [0.3, 0.4) is 0 Å². The lowest BCUT2D eigenvalue weighted by molar-refractivity contribution is -0.135. The van der Waals surface area contributed by atoms with E-state index < -0.39 is 34.8 Å². The molecule has 1 saturated heterocycles. The fourth-order valence-corrected chi connectivity index (χ4v) is 4.53. The van der Waals surface area contributed by atoms with Crippen molar-refractivity contribution in [2.45, 2.75) is 50.7 Å². The van der Waals surface area contributed by atoms with E-state index in [1.54, 1.807) is 11.8 Å². The topological polar surface area (TPSA) is 78.9 Å². The summed E-state index contributed by atoms with van der Waals surface area (Å²) in [5.41, 5.74) is -0.600. The maximum atomic E-state index is 13.8. The van der Waals surface area contributed by atoms with Gasteiger partial charge in [0, 0.05) is 31.6 Å². The van der Waals surface area contributed by atoms with Gasteiger partial charge in [0.25, 0.3) is 0 Å². The van der Waals surface area contributed by atoms with E-state index in [-0.39, 0.29) is 24.3 Å². The largest absolute Gasteiger partial charge is 0.484 e. The van der Waals surface area contributed by atoms with Crippen molar-refractivity contribution in [3.63, 3.8) is 0 Å².